The molecule has 2 atom stereocenters. The van der Waals surface area contributed by atoms with Crippen LogP contribution in [-0.2, 0) is 17.8 Å². The number of hydrogen-bond acceptors (Lipinski definition) is 6. The molecule has 0 unspecified atom stereocenters. The van der Waals surface area contributed by atoms with Crippen molar-refractivity contribution in [2.75, 3.05) is 29.9 Å². The highest BCUT2D eigenvalue weighted by molar-refractivity contribution is 7.11. The molecule has 3 aromatic rings. The zero-order chi connectivity index (χ0) is 26.2. The number of carbonyl (C=O) groups is 2. The van der Waals surface area contributed by atoms with Gasteiger partial charge in [0.1, 0.15) is 0 Å². The SMILES string of the molecule is CCNc1cc(C(=O)N[C@@H](Cc2ccccc2)[C@H](O)CNCc2ccc(C)s2)cc(N2CCCC2=O)c1. The van der Waals surface area contributed by atoms with Gasteiger partial charge in [-0.1, -0.05) is 30.3 Å². The Kier molecular flexibility index (Phi) is 9.33. The standard InChI is InChI=1S/C29H36N4O3S/c1-3-31-23-15-22(16-24(17-23)33-13-7-10-28(33)35)29(36)32-26(14-21-8-5-4-6-9-21)27(34)19-30-18-25-12-11-20(2)37-25/h4-6,8-9,11-12,15-17,26-27,30-31,34H,3,7,10,13-14,18-19H2,1-2H3,(H,32,36)/t26-,27+/m0/s1. The highest BCUT2D eigenvalue weighted by Crippen LogP contribution is 2.27. The lowest BCUT2D eigenvalue weighted by Gasteiger charge is -2.25. The maximum atomic E-state index is 13.5. The summed E-state index contributed by atoms with van der Waals surface area (Å²) >= 11 is 1.73. The maximum absolute atomic E-state index is 13.5. The van der Waals surface area contributed by atoms with Crippen LogP contribution in [0.15, 0.2) is 60.7 Å². The predicted molar refractivity (Wildman–Crippen MR) is 150 cm³/mol. The van der Waals surface area contributed by atoms with Gasteiger partial charge in [-0.15, -0.1) is 11.3 Å². The number of aryl methyl sites for hydroxylation is 1. The summed E-state index contributed by atoms with van der Waals surface area (Å²) in [6.45, 7) is 6.43. The van der Waals surface area contributed by atoms with E-state index in [0.717, 1.165) is 23.4 Å². The Labute approximate surface area is 222 Å². The van der Waals surface area contributed by atoms with Crippen LogP contribution in [0.3, 0.4) is 0 Å². The fourth-order valence-electron chi connectivity index (χ4n) is 4.59. The van der Waals surface area contributed by atoms with E-state index >= 15 is 0 Å². The molecule has 2 aromatic carbocycles. The van der Waals surface area contributed by atoms with Gasteiger partial charge in [0.25, 0.3) is 5.91 Å². The number of nitrogens with one attached hydrogen (secondary N) is 3. The molecular formula is C29H36N4O3S. The van der Waals surface area contributed by atoms with E-state index in [2.05, 4.69) is 35.0 Å². The topological polar surface area (TPSA) is 93.7 Å². The number of carbonyl (C=O) groups excluding carboxylic acids is 2. The molecule has 4 rings (SSSR count). The van der Waals surface area contributed by atoms with Crippen molar-refractivity contribution in [3.63, 3.8) is 0 Å². The van der Waals surface area contributed by atoms with Crippen LogP contribution in [0.5, 0.6) is 0 Å². The Morgan fingerprint density at radius 3 is 2.62 bits per heavy atom. The first-order valence-corrected chi connectivity index (χ1v) is 13.7. The molecule has 0 aliphatic carbocycles. The summed E-state index contributed by atoms with van der Waals surface area (Å²) in [4.78, 5) is 30.0. The molecule has 1 saturated heterocycles. The van der Waals surface area contributed by atoms with Crippen molar-refractivity contribution >= 4 is 34.5 Å². The normalized spacial score (nSPS) is 15.0. The first-order chi connectivity index (χ1) is 17.9. The molecule has 0 spiro atoms. The van der Waals surface area contributed by atoms with Gasteiger partial charge in [0.15, 0.2) is 0 Å². The summed E-state index contributed by atoms with van der Waals surface area (Å²) in [5.41, 5.74) is 3.00. The molecule has 196 valence electrons. The molecule has 2 heterocycles. The fourth-order valence-corrected chi connectivity index (χ4v) is 5.45. The van der Waals surface area contributed by atoms with Crippen LogP contribution in [-0.4, -0.2) is 48.7 Å². The maximum Gasteiger partial charge on any atom is 0.251 e. The number of nitrogens with zero attached hydrogens (tertiary/aromatic N) is 1. The zero-order valence-electron chi connectivity index (χ0n) is 21.5. The van der Waals surface area contributed by atoms with Crippen LogP contribution in [0, 0.1) is 6.92 Å². The van der Waals surface area contributed by atoms with Gasteiger partial charge in [0.2, 0.25) is 5.91 Å². The molecule has 1 aliphatic heterocycles. The number of thiophene rings is 1. The van der Waals surface area contributed by atoms with Crippen molar-refractivity contribution in [2.24, 2.45) is 0 Å². The number of hydrogen-bond donors (Lipinski definition) is 4. The third-order valence-corrected chi connectivity index (χ3v) is 7.47. The number of amides is 2. The van der Waals surface area contributed by atoms with Crippen molar-refractivity contribution in [3.8, 4) is 0 Å². The van der Waals surface area contributed by atoms with E-state index in [1.165, 1.54) is 9.75 Å². The molecule has 1 fully saturated rings. The third-order valence-electron chi connectivity index (χ3n) is 6.47. The minimum Gasteiger partial charge on any atom is -0.390 e. The van der Waals surface area contributed by atoms with Gasteiger partial charge >= 0.3 is 0 Å². The second-order valence-electron chi connectivity index (χ2n) is 9.43. The summed E-state index contributed by atoms with van der Waals surface area (Å²) in [6, 6.07) is 19.0. The summed E-state index contributed by atoms with van der Waals surface area (Å²) in [6.07, 6.45) is 1.05. The zero-order valence-corrected chi connectivity index (χ0v) is 22.3. The number of aliphatic hydroxyl groups excluding tert-OH is 1. The highest BCUT2D eigenvalue weighted by Gasteiger charge is 2.25. The summed E-state index contributed by atoms with van der Waals surface area (Å²) in [7, 11) is 0. The summed E-state index contributed by atoms with van der Waals surface area (Å²) < 4.78 is 0. The van der Waals surface area contributed by atoms with E-state index in [1.807, 2.05) is 43.3 Å². The predicted octanol–water partition coefficient (Wildman–Crippen LogP) is 4.11. The van der Waals surface area contributed by atoms with E-state index in [-0.39, 0.29) is 11.8 Å². The van der Waals surface area contributed by atoms with Gasteiger partial charge in [-0.05, 0) is 62.6 Å². The van der Waals surface area contributed by atoms with Crippen molar-refractivity contribution in [1.29, 1.82) is 0 Å². The third kappa shape index (κ3) is 7.41. The van der Waals surface area contributed by atoms with Crippen LogP contribution >= 0.6 is 11.3 Å². The molecule has 37 heavy (non-hydrogen) atoms. The van der Waals surface area contributed by atoms with Crippen LogP contribution < -0.4 is 20.9 Å². The highest BCUT2D eigenvalue weighted by atomic mass is 32.1. The number of rotatable bonds is 12. The van der Waals surface area contributed by atoms with Crippen molar-refractivity contribution in [3.05, 3.63) is 81.5 Å². The first kappa shape index (κ1) is 26.9. The van der Waals surface area contributed by atoms with Gasteiger partial charge in [0, 0.05) is 59.3 Å². The van der Waals surface area contributed by atoms with Gasteiger partial charge in [-0.25, -0.2) is 0 Å². The second kappa shape index (κ2) is 12.9. The first-order valence-electron chi connectivity index (χ1n) is 12.9. The Balaban J connectivity index is 1.50. The molecule has 1 aromatic heterocycles. The van der Waals surface area contributed by atoms with Gasteiger partial charge in [-0.2, -0.15) is 0 Å². The lowest BCUT2D eigenvalue weighted by Crippen LogP contribution is -2.48. The molecule has 0 radical (unpaired) electrons. The molecule has 0 saturated carbocycles. The summed E-state index contributed by atoms with van der Waals surface area (Å²) in [5.74, 6) is -0.203. The molecule has 2 amide bonds. The van der Waals surface area contributed by atoms with E-state index in [0.29, 0.717) is 44.6 Å². The fraction of sp³-hybridized carbons (Fsp3) is 0.379. The monoisotopic (exact) mass is 520 g/mol. The lowest BCUT2D eigenvalue weighted by atomic mass is 10.00. The van der Waals surface area contributed by atoms with Crippen molar-refractivity contribution in [1.82, 2.24) is 10.6 Å². The molecule has 4 N–H and O–H groups in total. The van der Waals surface area contributed by atoms with E-state index < -0.39 is 12.1 Å². The van der Waals surface area contributed by atoms with Crippen molar-refractivity contribution in [2.45, 2.75) is 51.8 Å². The van der Waals surface area contributed by atoms with Gasteiger partial charge in [-0.3, -0.25) is 9.59 Å². The smallest absolute Gasteiger partial charge is 0.251 e. The second-order valence-corrected chi connectivity index (χ2v) is 10.8. The Hall–Kier alpha value is -3.20. The lowest BCUT2D eigenvalue weighted by molar-refractivity contribution is -0.117. The molecule has 1 aliphatic rings. The van der Waals surface area contributed by atoms with E-state index in [9.17, 15) is 14.7 Å². The number of benzene rings is 2. The van der Waals surface area contributed by atoms with Gasteiger partial charge < -0.3 is 26.0 Å². The van der Waals surface area contributed by atoms with E-state index in [1.54, 1.807) is 28.4 Å². The largest absolute Gasteiger partial charge is 0.390 e. The Morgan fingerprint density at radius 1 is 1.14 bits per heavy atom. The number of aliphatic hydroxyl groups is 1. The van der Waals surface area contributed by atoms with Crippen molar-refractivity contribution < 1.29 is 14.7 Å². The molecule has 7 nitrogen and oxygen atoms in total. The van der Waals surface area contributed by atoms with Crippen LogP contribution in [0.1, 0.15) is 45.4 Å². The minimum atomic E-state index is -0.790. The quantitative estimate of drug-likeness (QED) is 0.288. The summed E-state index contributed by atoms with van der Waals surface area (Å²) in [5, 5.41) is 20.8. The molecular weight excluding hydrogens is 484 g/mol. The Morgan fingerprint density at radius 2 is 1.95 bits per heavy atom. The van der Waals surface area contributed by atoms with Crippen LogP contribution in [0.4, 0.5) is 11.4 Å². The van der Waals surface area contributed by atoms with Crippen LogP contribution in [0.2, 0.25) is 0 Å². The molecule has 8 heteroatoms. The average molecular weight is 521 g/mol. The van der Waals surface area contributed by atoms with Gasteiger partial charge in [0.05, 0.1) is 12.1 Å². The number of anilines is 2. The van der Waals surface area contributed by atoms with E-state index in [4.69, 9.17) is 0 Å². The minimum absolute atomic E-state index is 0.0735. The average Bonchev–Trinajstić information content (AvgIpc) is 3.51. The Bertz CT molecular complexity index is 1200. The molecule has 0 bridgehead atoms. The van der Waals surface area contributed by atoms with Crippen LogP contribution in [0.25, 0.3) is 0 Å².